The molecule has 2 aliphatic rings. The van der Waals surface area contributed by atoms with Gasteiger partial charge in [-0.2, -0.15) is 4.31 Å². The van der Waals surface area contributed by atoms with Gasteiger partial charge in [-0.3, -0.25) is 4.79 Å². The van der Waals surface area contributed by atoms with E-state index in [1.54, 1.807) is 0 Å². The van der Waals surface area contributed by atoms with Crippen LogP contribution in [0.15, 0.2) is 0 Å². The van der Waals surface area contributed by atoms with E-state index in [2.05, 4.69) is 21.2 Å². The first-order valence-corrected chi connectivity index (χ1v) is 10.9. The van der Waals surface area contributed by atoms with Crippen molar-refractivity contribution in [3.05, 3.63) is 0 Å². The molecule has 10 heteroatoms. The highest BCUT2D eigenvalue weighted by molar-refractivity contribution is 8.09. The summed E-state index contributed by atoms with van der Waals surface area (Å²) in [5.74, 6) is 0.548. The maximum atomic E-state index is 12.4. The summed E-state index contributed by atoms with van der Waals surface area (Å²) < 4.78 is 35.4. The number of nitrogens with zero attached hydrogens (tertiary/aromatic N) is 1. The van der Waals surface area contributed by atoms with Crippen LogP contribution < -0.4 is 0 Å². The monoisotopic (exact) mass is 397 g/mol. The van der Waals surface area contributed by atoms with Gasteiger partial charge in [-0.25, -0.2) is 13.3 Å². The smallest absolute Gasteiger partial charge is 0.326 e. The van der Waals surface area contributed by atoms with Crippen LogP contribution in [0.5, 0.6) is 0 Å². The van der Waals surface area contributed by atoms with E-state index >= 15 is 0 Å². The van der Waals surface area contributed by atoms with Gasteiger partial charge in [0.15, 0.2) is 0 Å². The molecule has 8 nitrogen and oxygen atoms in total. The lowest BCUT2D eigenvalue weighted by molar-refractivity contribution is -0.447. The van der Waals surface area contributed by atoms with Crippen LogP contribution in [0.3, 0.4) is 0 Å². The second-order valence-corrected chi connectivity index (χ2v) is 10.2. The molecule has 1 heterocycles. The predicted octanol–water partition coefficient (Wildman–Crippen LogP) is 2.26. The molecule has 0 aromatic carbocycles. The SMILES string of the molecule is COOOSCS(=O)(=O)N1CC1C(=O)OC(C)(C)C1CCC(C)CC1. The molecule has 1 aliphatic carbocycles. The summed E-state index contributed by atoms with van der Waals surface area (Å²) in [4.78, 5) is 16.5. The quantitative estimate of drug-likeness (QED) is 0.146. The standard InChI is InChI=1S/C15H27NO7S2/c1-11-5-7-12(8-6-11)15(2,3)21-14(17)13-9-16(13)25(18,19)10-24-23-22-20-4/h11-13H,5-10H2,1-4H3. The highest BCUT2D eigenvalue weighted by Gasteiger charge is 2.51. The highest BCUT2D eigenvalue weighted by Crippen LogP contribution is 2.38. The van der Waals surface area contributed by atoms with E-state index in [4.69, 9.17) is 4.74 Å². The second kappa shape index (κ2) is 8.53. The van der Waals surface area contributed by atoms with Crippen molar-refractivity contribution >= 4 is 28.0 Å². The van der Waals surface area contributed by atoms with Crippen LogP contribution in [0.2, 0.25) is 0 Å². The third-order valence-electron chi connectivity index (χ3n) is 4.90. The molecule has 0 aromatic heterocycles. The molecule has 25 heavy (non-hydrogen) atoms. The van der Waals surface area contributed by atoms with Crippen LogP contribution >= 0.6 is 12.0 Å². The van der Waals surface area contributed by atoms with Gasteiger partial charge in [0, 0.05) is 6.54 Å². The van der Waals surface area contributed by atoms with Crippen LogP contribution in [0.1, 0.15) is 46.5 Å². The number of hydrogen-bond acceptors (Lipinski definition) is 8. The third-order valence-corrected chi connectivity index (χ3v) is 7.75. The molecule has 1 aliphatic heterocycles. The lowest BCUT2D eigenvalue weighted by Crippen LogP contribution is -2.40. The van der Waals surface area contributed by atoms with Gasteiger partial charge in [-0.15, -0.1) is 4.33 Å². The Kier molecular flexibility index (Phi) is 7.14. The molecule has 0 amide bonds. The number of ether oxygens (including phenoxy) is 1. The van der Waals surface area contributed by atoms with Gasteiger partial charge < -0.3 is 4.74 Å². The fourth-order valence-electron chi connectivity index (χ4n) is 3.18. The maximum Gasteiger partial charge on any atom is 0.326 e. The van der Waals surface area contributed by atoms with Crippen molar-refractivity contribution in [2.24, 2.45) is 11.8 Å². The number of carbonyl (C=O) groups excluding carboxylic acids is 1. The van der Waals surface area contributed by atoms with Crippen molar-refractivity contribution < 1.29 is 32.2 Å². The molecule has 146 valence electrons. The highest BCUT2D eigenvalue weighted by atomic mass is 32.3. The Balaban J connectivity index is 1.82. The first-order valence-electron chi connectivity index (χ1n) is 8.38. The molecule has 0 radical (unpaired) electrons. The number of rotatable bonds is 9. The van der Waals surface area contributed by atoms with Crippen molar-refractivity contribution in [1.82, 2.24) is 4.31 Å². The molecule has 2 unspecified atom stereocenters. The molecule has 2 rings (SSSR count). The minimum atomic E-state index is -3.61. The van der Waals surface area contributed by atoms with Crippen LogP contribution in [0.25, 0.3) is 0 Å². The number of hydrogen-bond donors (Lipinski definition) is 0. The fourth-order valence-corrected chi connectivity index (χ4v) is 5.31. The zero-order valence-corrected chi connectivity index (χ0v) is 16.7. The van der Waals surface area contributed by atoms with E-state index in [1.165, 1.54) is 7.11 Å². The van der Waals surface area contributed by atoms with Gasteiger partial charge in [0.2, 0.25) is 10.0 Å². The summed E-state index contributed by atoms with van der Waals surface area (Å²) in [7, 11) is -2.38. The van der Waals surface area contributed by atoms with Crippen molar-refractivity contribution in [1.29, 1.82) is 0 Å². The topological polar surface area (TPSA) is 91.1 Å². The van der Waals surface area contributed by atoms with Crippen LogP contribution in [-0.4, -0.2) is 49.1 Å². The molecule has 2 fully saturated rings. The lowest BCUT2D eigenvalue weighted by atomic mass is 9.75. The Morgan fingerprint density at radius 1 is 1.24 bits per heavy atom. The van der Waals surface area contributed by atoms with Gasteiger partial charge in [-0.1, -0.05) is 24.8 Å². The van der Waals surface area contributed by atoms with E-state index in [0.29, 0.717) is 23.9 Å². The van der Waals surface area contributed by atoms with Gasteiger partial charge in [0.05, 0.1) is 19.2 Å². The first kappa shape index (κ1) is 20.9. The summed E-state index contributed by atoms with van der Waals surface area (Å²) in [6, 6.07) is -0.740. The minimum Gasteiger partial charge on any atom is -0.458 e. The Morgan fingerprint density at radius 3 is 2.48 bits per heavy atom. The molecular weight excluding hydrogens is 370 g/mol. The molecular formula is C15H27NO7S2. The molecule has 0 N–H and O–H groups in total. The van der Waals surface area contributed by atoms with E-state index in [1.807, 2.05) is 13.8 Å². The average molecular weight is 398 g/mol. The number of carbonyl (C=O) groups is 1. The van der Waals surface area contributed by atoms with E-state index in [9.17, 15) is 13.2 Å². The number of esters is 1. The van der Waals surface area contributed by atoms with Crippen molar-refractivity contribution in [3.8, 4) is 0 Å². The fraction of sp³-hybridized carbons (Fsp3) is 0.933. The van der Waals surface area contributed by atoms with E-state index in [0.717, 1.165) is 30.0 Å². The Hall–Kier alpha value is -0.390. The van der Waals surface area contributed by atoms with Crippen molar-refractivity contribution in [2.75, 3.05) is 18.7 Å². The molecule has 0 aromatic rings. The number of sulfonamides is 1. The summed E-state index contributed by atoms with van der Waals surface area (Å²) >= 11 is 0.574. The van der Waals surface area contributed by atoms with E-state index in [-0.39, 0.29) is 11.6 Å². The normalized spacial score (nSPS) is 30.1. The van der Waals surface area contributed by atoms with Gasteiger partial charge in [-0.05, 0) is 38.5 Å². The van der Waals surface area contributed by atoms with Gasteiger partial charge in [0.1, 0.15) is 16.7 Å². The molecule has 1 saturated carbocycles. The Labute approximate surface area is 153 Å². The van der Waals surface area contributed by atoms with Gasteiger partial charge in [0.25, 0.3) is 0 Å². The van der Waals surface area contributed by atoms with Crippen molar-refractivity contribution in [2.45, 2.75) is 58.1 Å². The van der Waals surface area contributed by atoms with E-state index < -0.39 is 27.6 Å². The summed E-state index contributed by atoms with van der Waals surface area (Å²) in [5.41, 5.74) is -0.584. The first-order chi connectivity index (χ1) is 11.7. The summed E-state index contributed by atoms with van der Waals surface area (Å²) in [6.07, 6.45) is 4.33. The maximum absolute atomic E-state index is 12.4. The summed E-state index contributed by atoms with van der Waals surface area (Å²) in [6.45, 7) is 6.21. The molecule has 1 saturated heterocycles. The third kappa shape index (κ3) is 5.80. The molecule has 0 bridgehead atoms. The largest absolute Gasteiger partial charge is 0.458 e. The average Bonchev–Trinajstić information content (AvgIpc) is 3.33. The predicted molar refractivity (Wildman–Crippen MR) is 92.3 cm³/mol. The summed E-state index contributed by atoms with van der Waals surface area (Å²) in [5, 5.41) is 3.76. The van der Waals surface area contributed by atoms with Gasteiger partial charge >= 0.3 is 5.97 Å². The van der Waals surface area contributed by atoms with Crippen LogP contribution in [0.4, 0.5) is 0 Å². The van der Waals surface area contributed by atoms with Crippen LogP contribution in [-0.2, 0) is 33.8 Å². The molecule has 0 spiro atoms. The second-order valence-electron chi connectivity index (χ2n) is 7.22. The Morgan fingerprint density at radius 2 is 1.88 bits per heavy atom. The molecule has 2 atom stereocenters. The van der Waals surface area contributed by atoms with Crippen LogP contribution in [0, 0.1) is 11.8 Å². The zero-order valence-electron chi connectivity index (χ0n) is 15.1. The van der Waals surface area contributed by atoms with Crippen molar-refractivity contribution in [3.63, 3.8) is 0 Å². The minimum absolute atomic E-state index is 0.143. The zero-order chi connectivity index (χ0) is 18.7. The Bertz CT molecular complexity index is 558. The lowest BCUT2D eigenvalue weighted by Gasteiger charge is -2.38.